The molecule has 0 saturated carbocycles. The number of nitrogens with zero attached hydrogens (tertiary/aromatic N) is 3. The third-order valence-electron chi connectivity index (χ3n) is 3.70. The highest BCUT2D eigenvalue weighted by atomic mass is 79.9. The molecule has 1 unspecified atom stereocenters. The zero-order valence-electron chi connectivity index (χ0n) is 12.3. The van der Waals surface area contributed by atoms with Crippen LogP contribution in [0.15, 0.2) is 28.7 Å². The molecule has 1 aromatic heterocycles. The quantitative estimate of drug-likeness (QED) is 0.903. The maximum Gasteiger partial charge on any atom is 0.273 e. The molecule has 1 aliphatic heterocycles. The Balaban J connectivity index is 1.72. The van der Waals surface area contributed by atoms with Crippen molar-refractivity contribution in [3.8, 4) is 5.69 Å². The van der Waals surface area contributed by atoms with E-state index in [0.29, 0.717) is 17.9 Å². The Hall–Kier alpha value is -1.73. The zero-order valence-corrected chi connectivity index (χ0v) is 13.8. The summed E-state index contributed by atoms with van der Waals surface area (Å²) in [6, 6.07) is 7.68. The molecule has 1 atom stereocenters. The van der Waals surface area contributed by atoms with Crippen LogP contribution in [0, 0.1) is 6.92 Å². The summed E-state index contributed by atoms with van der Waals surface area (Å²) in [5.74, 6) is -0.212. The van der Waals surface area contributed by atoms with Crippen LogP contribution >= 0.6 is 15.9 Å². The minimum absolute atomic E-state index is 0.116. The van der Waals surface area contributed by atoms with Crippen LogP contribution < -0.4 is 5.32 Å². The summed E-state index contributed by atoms with van der Waals surface area (Å²) in [6.45, 7) is 3.13. The van der Waals surface area contributed by atoms with Crippen LogP contribution in [-0.2, 0) is 4.74 Å². The Bertz CT molecular complexity index is 663. The van der Waals surface area contributed by atoms with Crippen molar-refractivity contribution in [2.75, 3.05) is 13.2 Å². The van der Waals surface area contributed by atoms with Gasteiger partial charge in [0.25, 0.3) is 5.91 Å². The molecule has 3 rings (SSSR count). The lowest BCUT2D eigenvalue weighted by atomic mass is 10.2. The van der Waals surface area contributed by atoms with E-state index in [1.807, 2.05) is 31.2 Å². The fraction of sp³-hybridized carbons (Fsp3) is 0.400. The van der Waals surface area contributed by atoms with Crippen LogP contribution in [0.5, 0.6) is 0 Å². The van der Waals surface area contributed by atoms with E-state index in [1.54, 1.807) is 4.68 Å². The number of carbonyl (C=O) groups excluding carboxylic acids is 1. The lowest BCUT2D eigenvalue weighted by Gasteiger charge is -2.10. The molecule has 22 heavy (non-hydrogen) atoms. The largest absolute Gasteiger partial charge is 0.376 e. The Labute approximate surface area is 137 Å². The Kier molecular flexibility index (Phi) is 4.54. The number of nitrogens with one attached hydrogen (secondary N) is 1. The normalized spacial score (nSPS) is 17.6. The molecule has 1 aromatic carbocycles. The summed E-state index contributed by atoms with van der Waals surface area (Å²) in [6.07, 6.45) is 2.16. The molecule has 0 spiro atoms. The molecule has 1 aliphatic rings. The highest BCUT2D eigenvalue weighted by Crippen LogP contribution is 2.16. The predicted octanol–water partition coefficient (Wildman–Crippen LogP) is 2.25. The number of aromatic nitrogens is 3. The number of amides is 1. The molecule has 0 aliphatic carbocycles. The van der Waals surface area contributed by atoms with E-state index in [1.165, 1.54) is 0 Å². The number of carbonyl (C=O) groups is 1. The van der Waals surface area contributed by atoms with Crippen molar-refractivity contribution in [3.05, 3.63) is 40.1 Å². The Morgan fingerprint density at radius 2 is 2.23 bits per heavy atom. The molecule has 1 amide bonds. The standard InChI is InChI=1S/C15H17BrN4O2/c1-10-14(15(21)17-9-13-3-2-8-22-13)18-19-20(10)12-6-4-11(16)5-7-12/h4-7,13H,2-3,8-9H2,1H3,(H,17,21). The smallest absolute Gasteiger partial charge is 0.273 e. The maximum absolute atomic E-state index is 12.2. The molecule has 2 heterocycles. The van der Waals surface area contributed by atoms with Gasteiger partial charge in [-0.05, 0) is 44.0 Å². The summed E-state index contributed by atoms with van der Waals surface area (Å²) in [5, 5.41) is 11.0. The van der Waals surface area contributed by atoms with Gasteiger partial charge in [0.1, 0.15) is 0 Å². The number of benzene rings is 1. The van der Waals surface area contributed by atoms with E-state index in [9.17, 15) is 4.79 Å². The number of hydrogen-bond acceptors (Lipinski definition) is 4. The molecular formula is C15H17BrN4O2. The average molecular weight is 365 g/mol. The minimum atomic E-state index is -0.212. The first-order valence-corrected chi connectivity index (χ1v) is 8.02. The fourth-order valence-corrected chi connectivity index (χ4v) is 2.73. The van der Waals surface area contributed by atoms with E-state index in [0.717, 1.165) is 29.6 Å². The van der Waals surface area contributed by atoms with Gasteiger partial charge in [-0.25, -0.2) is 4.68 Å². The van der Waals surface area contributed by atoms with Gasteiger partial charge in [-0.1, -0.05) is 21.1 Å². The van der Waals surface area contributed by atoms with Crippen LogP contribution in [0.3, 0.4) is 0 Å². The monoisotopic (exact) mass is 364 g/mol. The summed E-state index contributed by atoms with van der Waals surface area (Å²) in [5.41, 5.74) is 1.93. The van der Waals surface area contributed by atoms with Crippen LogP contribution in [0.25, 0.3) is 5.69 Å². The molecule has 1 fully saturated rings. The van der Waals surface area contributed by atoms with Crippen molar-refractivity contribution < 1.29 is 9.53 Å². The van der Waals surface area contributed by atoms with E-state index in [4.69, 9.17) is 4.74 Å². The van der Waals surface area contributed by atoms with Gasteiger partial charge < -0.3 is 10.1 Å². The van der Waals surface area contributed by atoms with Crippen LogP contribution in [0.4, 0.5) is 0 Å². The molecule has 7 heteroatoms. The molecule has 6 nitrogen and oxygen atoms in total. The summed E-state index contributed by atoms with van der Waals surface area (Å²) >= 11 is 3.40. The number of ether oxygens (including phenoxy) is 1. The van der Waals surface area contributed by atoms with Crippen molar-refractivity contribution in [2.45, 2.75) is 25.9 Å². The van der Waals surface area contributed by atoms with Crippen molar-refractivity contribution >= 4 is 21.8 Å². The topological polar surface area (TPSA) is 69.0 Å². The SMILES string of the molecule is Cc1c(C(=O)NCC2CCCO2)nnn1-c1ccc(Br)cc1. The first-order chi connectivity index (χ1) is 10.6. The van der Waals surface area contributed by atoms with Gasteiger partial charge >= 0.3 is 0 Å². The lowest BCUT2D eigenvalue weighted by Crippen LogP contribution is -2.32. The van der Waals surface area contributed by atoms with Crippen molar-refractivity contribution in [3.63, 3.8) is 0 Å². The average Bonchev–Trinajstić information content (AvgIpc) is 3.15. The van der Waals surface area contributed by atoms with E-state index >= 15 is 0 Å². The van der Waals surface area contributed by atoms with Crippen molar-refractivity contribution in [2.24, 2.45) is 0 Å². The Morgan fingerprint density at radius 1 is 1.45 bits per heavy atom. The van der Waals surface area contributed by atoms with Gasteiger partial charge in [0.2, 0.25) is 0 Å². The first-order valence-electron chi connectivity index (χ1n) is 7.23. The second kappa shape index (κ2) is 6.58. The van der Waals surface area contributed by atoms with Gasteiger partial charge in [-0.3, -0.25) is 4.79 Å². The lowest BCUT2D eigenvalue weighted by molar-refractivity contribution is 0.0853. The minimum Gasteiger partial charge on any atom is -0.376 e. The molecule has 0 bridgehead atoms. The molecule has 0 radical (unpaired) electrons. The third kappa shape index (κ3) is 3.20. The van der Waals surface area contributed by atoms with Crippen molar-refractivity contribution in [1.82, 2.24) is 20.3 Å². The van der Waals surface area contributed by atoms with Gasteiger partial charge in [-0.15, -0.1) is 5.10 Å². The van der Waals surface area contributed by atoms with Gasteiger partial charge in [-0.2, -0.15) is 0 Å². The van der Waals surface area contributed by atoms with Crippen molar-refractivity contribution in [1.29, 1.82) is 0 Å². The molecule has 1 N–H and O–H groups in total. The Morgan fingerprint density at radius 3 is 2.91 bits per heavy atom. The number of hydrogen-bond donors (Lipinski definition) is 1. The molecule has 2 aromatic rings. The summed E-state index contributed by atoms with van der Waals surface area (Å²) in [7, 11) is 0. The zero-order chi connectivity index (χ0) is 15.5. The van der Waals surface area contributed by atoms with Crippen LogP contribution in [0.2, 0.25) is 0 Å². The van der Waals surface area contributed by atoms with Gasteiger partial charge in [0.05, 0.1) is 17.5 Å². The van der Waals surface area contributed by atoms with Gasteiger partial charge in [0.15, 0.2) is 5.69 Å². The maximum atomic E-state index is 12.2. The van der Waals surface area contributed by atoms with E-state index in [2.05, 4.69) is 31.6 Å². The predicted molar refractivity (Wildman–Crippen MR) is 85.1 cm³/mol. The van der Waals surface area contributed by atoms with E-state index < -0.39 is 0 Å². The number of rotatable bonds is 4. The summed E-state index contributed by atoms with van der Waals surface area (Å²) in [4.78, 5) is 12.2. The number of halogens is 1. The summed E-state index contributed by atoms with van der Waals surface area (Å²) < 4.78 is 8.14. The molecule has 116 valence electrons. The van der Waals surface area contributed by atoms with E-state index in [-0.39, 0.29) is 12.0 Å². The highest BCUT2D eigenvalue weighted by Gasteiger charge is 2.20. The fourth-order valence-electron chi connectivity index (χ4n) is 2.46. The third-order valence-corrected chi connectivity index (χ3v) is 4.22. The molecular weight excluding hydrogens is 348 g/mol. The second-order valence-electron chi connectivity index (χ2n) is 5.26. The highest BCUT2D eigenvalue weighted by molar-refractivity contribution is 9.10. The first kappa shape index (κ1) is 15.2. The van der Waals surface area contributed by atoms with Gasteiger partial charge in [0, 0.05) is 17.6 Å². The van der Waals surface area contributed by atoms with Crippen LogP contribution in [0.1, 0.15) is 29.0 Å². The van der Waals surface area contributed by atoms with Crippen LogP contribution in [-0.4, -0.2) is 40.2 Å². The molecule has 1 saturated heterocycles. The second-order valence-corrected chi connectivity index (χ2v) is 6.17.